The number of nitrogens with zero attached hydrogens (tertiary/aromatic N) is 4. The lowest BCUT2D eigenvalue weighted by atomic mass is 9.96. The van der Waals surface area contributed by atoms with Crippen molar-refractivity contribution in [2.24, 2.45) is 0 Å². The zero-order valence-electron chi connectivity index (χ0n) is 26.2. The lowest BCUT2D eigenvalue weighted by Crippen LogP contribution is -2.50. The number of benzene rings is 2. The normalized spacial score (nSPS) is 15.2. The first-order chi connectivity index (χ1) is 21.6. The van der Waals surface area contributed by atoms with Crippen LogP contribution in [0.3, 0.4) is 0 Å². The van der Waals surface area contributed by atoms with Gasteiger partial charge in [0.1, 0.15) is 22.1 Å². The number of sulfonamides is 1. The van der Waals surface area contributed by atoms with Gasteiger partial charge in [-0.2, -0.15) is 0 Å². The Labute approximate surface area is 266 Å². The number of aromatic nitrogens is 1. The molecule has 244 valence electrons. The Kier molecular flexibility index (Phi) is 9.02. The average molecular weight is 657 g/mol. The van der Waals surface area contributed by atoms with Crippen LogP contribution in [0.1, 0.15) is 49.3 Å². The highest BCUT2D eigenvalue weighted by Gasteiger charge is 2.33. The van der Waals surface area contributed by atoms with Crippen molar-refractivity contribution < 1.29 is 35.9 Å². The molecule has 0 bridgehead atoms. The number of carbonyl (C=O) groups is 2. The van der Waals surface area contributed by atoms with Gasteiger partial charge < -0.3 is 14.5 Å². The molecule has 1 amide bonds. The number of carbonyl (C=O) groups excluding carboxylic acids is 2. The van der Waals surface area contributed by atoms with E-state index in [-0.39, 0.29) is 18.5 Å². The largest absolute Gasteiger partial charge is 0.444 e. The molecule has 3 aromatic rings. The predicted molar refractivity (Wildman–Crippen MR) is 168 cm³/mol. The molecule has 13 heteroatoms. The number of ketones is 1. The molecule has 0 atom stereocenters. The Morgan fingerprint density at radius 3 is 2.30 bits per heavy atom. The summed E-state index contributed by atoms with van der Waals surface area (Å²) in [6, 6.07) is 7.86. The highest BCUT2D eigenvalue weighted by molar-refractivity contribution is 7.89. The molecule has 2 aliphatic rings. The molecule has 0 saturated carbocycles. The van der Waals surface area contributed by atoms with Crippen LogP contribution in [0, 0.1) is 17.5 Å². The number of anilines is 1. The predicted octanol–water partition coefficient (Wildman–Crippen LogP) is 5.69. The van der Waals surface area contributed by atoms with Gasteiger partial charge in [-0.25, -0.2) is 30.7 Å². The highest BCUT2D eigenvalue weighted by atomic mass is 32.2. The van der Waals surface area contributed by atoms with Crippen LogP contribution in [0.5, 0.6) is 0 Å². The van der Waals surface area contributed by atoms with Crippen molar-refractivity contribution >= 4 is 33.2 Å². The molecule has 0 unspecified atom stereocenters. The Bertz CT molecular complexity index is 1850. The Hall–Kier alpha value is -4.23. The summed E-state index contributed by atoms with van der Waals surface area (Å²) in [5.74, 6) is -4.16. The Morgan fingerprint density at radius 2 is 1.67 bits per heavy atom. The maximum Gasteiger partial charge on any atom is 0.410 e. The zero-order valence-corrected chi connectivity index (χ0v) is 27.1. The molecule has 9 nitrogen and oxygen atoms in total. The number of amides is 1. The molecule has 0 N–H and O–H groups in total. The van der Waals surface area contributed by atoms with E-state index in [1.54, 1.807) is 50.8 Å². The van der Waals surface area contributed by atoms with E-state index >= 15 is 8.78 Å². The lowest BCUT2D eigenvalue weighted by Gasteiger charge is -2.36. The van der Waals surface area contributed by atoms with Gasteiger partial charge in [0.2, 0.25) is 10.0 Å². The van der Waals surface area contributed by atoms with Crippen LogP contribution in [0.4, 0.5) is 23.7 Å². The number of piperazine rings is 1. The third kappa shape index (κ3) is 6.38. The molecule has 1 saturated heterocycles. The highest BCUT2D eigenvalue weighted by Crippen LogP contribution is 2.35. The van der Waals surface area contributed by atoms with Gasteiger partial charge in [-0.1, -0.05) is 19.1 Å². The number of allylic oxidation sites excluding steroid dienone is 2. The zero-order chi connectivity index (χ0) is 33.6. The second-order valence-electron chi connectivity index (χ2n) is 12.1. The summed E-state index contributed by atoms with van der Waals surface area (Å²) in [7, 11) is -3.05. The van der Waals surface area contributed by atoms with Gasteiger partial charge in [-0.15, -0.1) is 0 Å². The van der Waals surface area contributed by atoms with E-state index in [0.717, 1.165) is 16.4 Å². The number of ether oxygens (including phenoxy) is 1. The van der Waals surface area contributed by atoms with Crippen LogP contribution < -0.4 is 4.90 Å². The fourth-order valence-electron chi connectivity index (χ4n) is 5.38. The van der Waals surface area contributed by atoms with Crippen molar-refractivity contribution in [1.29, 1.82) is 0 Å². The van der Waals surface area contributed by atoms with Crippen LogP contribution in [0.25, 0.3) is 16.7 Å². The number of halogens is 3. The summed E-state index contributed by atoms with van der Waals surface area (Å²) < 4.78 is 77.8. The molecule has 2 aromatic carbocycles. The molecule has 0 spiro atoms. The molecular weight excluding hydrogens is 621 g/mol. The molecule has 46 heavy (non-hydrogen) atoms. The first-order valence-corrected chi connectivity index (χ1v) is 16.3. The van der Waals surface area contributed by atoms with Gasteiger partial charge in [0.25, 0.3) is 0 Å². The molecule has 2 heterocycles. The number of rotatable bonds is 7. The van der Waals surface area contributed by atoms with Gasteiger partial charge in [0.15, 0.2) is 11.6 Å². The standard InChI is InChI=1S/C33H35F3N4O5S/c1-6-38(5)46(43,44)28-12-9-24(34)29(30(28)36)31(41)22-8-10-26-23(22)17-21(19-37-26)20-7-11-27(25(35)18-20)39-13-15-40(16-14-39)32(42)45-33(2,3)4/h7-9,11-12,17-19H,6,10,13-16H2,1-5H3. The van der Waals surface area contributed by atoms with Crippen LogP contribution in [-0.2, 0) is 21.2 Å². The van der Waals surface area contributed by atoms with Gasteiger partial charge in [-0.3, -0.25) is 9.78 Å². The van der Waals surface area contributed by atoms with Crippen LogP contribution in [0.15, 0.2) is 53.6 Å². The number of fused-ring (bicyclic) bond motifs is 1. The summed E-state index contributed by atoms with van der Waals surface area (Å²) in [4.78, 5) is 33.0. The summed E-state index contributed by atoms with van der Waals surface area (Å²) in [6.45, 7) is 8.56. The summed E-state index contributed by atoms with van der Waals surface area (Å²) in [6.07, 6.45) is 2.83. The maximum atomic E-state index is 15.5. The SMILES string of the molecule is CCN(C)S(=O)(=O)c1ccc(F)c(C(=O)C2=CCc3ncc(-c4ccc(N5CCN(C(=O)OC(C)(C)C)CC5)c(F)c4)cc32)c1F. The molecular formula is C33H35F3N4O5S. The van der Waals surface area contributed by atoms with Crippen molar-refractivity contribution in [2.75, 3.05) is 44.7 Å². The summed E-state index contributed by atoms with van der Waals surface area (Å²) >= 11 is 0. The quantitative estimate of drug-likeness (QED) is 0.302. The lowest BCUT2D eigenvalue weighted by molar-refractivity contribution is 0.0240. The minimum absolute atomic E-state index is 0.0273. The van der Waals surface area contributed by atoms with Crippen molar-refractivity contribution in [3.8, 4) is 11.1 Å². The van der Waals surface area contributed by atoms with Crippen molar-refractivity contribution in [2.45, 2.75) is 44.6 Å². The summed E-state index contributed by atoms with van der Waals surface area (Å²) in [5.41, 5.74) is 0.505. The fraction of sp³-hybridized carbons (Fsp3) is 0.364. The Morgan fingerprint density at radius 1 is 0.978 bits per heavy atom. The van der Waals surface area contributed by atoms with E-state index in [1.165, 1.54) is 25.4 Å². The second kappa shape index (κ2) is 12.5. The first-order valence-electron chi connectivity index (χ1n) is 14.8. The Balaban J connectivity index is 1.37. The molecule has 1 aromatic heterocycles. The first kappa shape index (κ1) is 33.1. The molecule has 0 radical (unpaired) electrons. The van der Waals surface area contributed by atoms with Gasteiger partial charge >= 0.3 is 6.09 Å². The van der Waals surface area contributed by atoms with E-state index in [9.17, 15) is 22.4 Å². The van der Waals surface area contributed by atoms with Crippen molar-refractivity contribution in [3.63, 3.8) is 0 Å². The number of Topliss-reactive ketones (excluding diaryl/α,β-unsaturated/α-hetero) is 1. The second-order valence-corrected chi connectivity index (χ2v) is 14.2. The number of hydrogen-bond acceptors (Lipinski definition) is 7. The fourth-order valence-corrected chi connectivity index (χ4v) is 6.63. The van der Waals surface area contributed by atoms with Gasteiger partial charge in [0, 0.05) is 69.1 Å². The third-order valence-electron chi connectivity index (χ3n) is 7.97. The van der Waals surface area contributed by atoms with Gasteiger partial charge in [-0.05, 0) is 56.7 Å². The smallest absolute Gasteiger partial charge is 0.410 e. The molecule has 5 rings (SSSR count). The topological polar surface area (TPSA) is 100 Å². The molecule has 1 aliphatic carbocycles. The minimum Gasteiger partial charge on any atom is -0.444 e. The number of pyridine rings is 1. The van der Waals surface area contributed by atoms with Crippen molar-refractivity contribution in [1.82, 2.24) is 14.2 Å². The molecule has 1 fully saturated rings. The van der Waals surface area contributed by atoms with E-state index in [4.69, 9.17) is 4.74 Å². The van der Waals surface area contributed by atoms with Crippen molar-refractivity contribution in [3.05, 3.63) is 82.9 Å². The van der Waals surface area contributed by atoms with E-state index in [2.05, 4.69) is 4.98 Å². The average Bonchev–Trinajstić information content (AvgIpc) is 3.43. The number of hydrogen-bond donors (Lipinski definition) is 0. The van der Waals surface area contributed by atoms with Crippen LogP contribution in [-0.4, -0.2) is 79.9 Å². The maximum absolute atomic E-state index is 15.5. The van der Waals surface area contributed by atoms with Crippen LogP contribution in [0.2, 0.25) is 0 Å². The van der Waals surface area contributed by atoms with E-state index in [1.807, 2.05) is 4.90 Å². The van der Waals surface area contributed by atoms with Gasteiger partial charge in [0.05, 0.1) is 16.9 Å². The monoisotopic (exact) mass is 656 g/mol. The third-order valence-corrected chi connectivity index (χ3v) is 9.92. The summed E-state index contributed by atoms with van der Waals surface area (Å²) in [5, 5.41) is 0. The van der Waals surface area contributed by atoms with Crippen LogP contribution >= 0.6 is 0 Å². The molecule has 1 aliphatic heterocycles. The van der Waals surface area contributed by atoms with E-state index in [0.29, 0.717) is 54.3 Å². The minimum atomic E-state index is -4.30. The van der Waals surface area contributed by atoms with E-state index < -0.39 is 55.4 Å².